The molecule has 0 atom stereocenters. The zero-order valence-electron chi connectivity index (χ0n) is 11.3. The topological polar surface area (TPSA) is 55.8 Å². The summed E-state index contributed by atoms with van der Waals surface area (Å²) in [5, 5.41) is 11.5. The molecule has 0 saturated carbocycles. The summed E-state index contributed by atoms with van der Waals surface area (Å²) in [4.78, 5) is 10.9. The van der Waals surface area contributed by atoms with Gasteiger partial charge in [-0.15, -0.1) is 0 Å². The van der Waals surface area contributed by atoms with Gasteiger partial charge in [-0.25, -0.2) is 4.79 Å². The van der Waals surface area contributed by atoms with Crippen LogP contribution in [0.15, 0.2) is 43.0 Å². The summed E-state index contributed by atoms with van der Waals surface area (Å²) >= 11 is 0. The number of carbonyl (C=O) groups is 1. The number of esters is 1. The summed E-state index contributed by atoms with van der Waals surface area (Å²) in [6.45, 7) is 5.57. The lowest BCUT2D eigenvalue weighted by atomic mass is 10.1. The van der Waals surface area contributed by atoms with Crippen LogP contribution >= 0.6 is 0 Å². The zero-order chi connectivity index (χ0) is 14.5. The van der Waals surface area contributed by atoms with Crippen LogP contribution in [-0.2, 0) is 9.53 Å². The Balaban J connectivity index is 2.17. The third-order valence-electron chi connectivity index (χ3n) is 2.90. The number of aromatic hydroxyl groups is 1. The number of hydrogen-bond acceptors (Lipinski definition) is 4. The summed E-state index contributed by atoms with van der Waals surface area (Å²) in [7, 11) is 0. The molecule has 0 amide bonds. The number of benzene rings is 2. The van der Waals surface area contributed by atoms with E-state index in [2.05, 4.69) is 6.58 Å². The molecule has 1 N–H and O–H groups in total. The Morgan fingerprint density at radius 1 is 1.30 bits per heavy atom. The lowest BCUT2D eigenvalue weighted by molar-refractivity contribution is -0.138. The van der Waals surface area contributed by atoms with Gasteiger partial charge in [0.05, 0.1) is 0 Å². The second-order valence-corrected chi connectivity index (χ2v) is 4.31. The van der Waals surface area contributed by atoms with Gasteiger partial charge in [-0.3, -0.25) is 0 Å². The summed E-state index contributed by atoms with van der Waals surface area (Å²) in [5.74, 6) is 0.442. The molecule has 104 valence electrons. The zero-order valence-corrected chi connectivity index (χ0v) is 11.3. The first-order valence-electron chi connectivity index (χ1n) is 6.26. The van der Waals surface area contributed by atoms with Crippen molar-refractivity contribution < 1.29 is 19.4 Å². The van der Waals surface area contributed by atoms with Crippen molar-refractivity contribution in [3.8, 4) is 11.5 Å². The van der Waals surface area contributed by atoms with Crippen LogP contribution in [0, 0.1) is 6.92 Å². The number of phenolic OH excluding ortho intramolecular Hbond substituents is 1. The Morgan fingerprint density at radius 3 is 2.70 bits per heavy atom. The smallest absolute Gasteiger partial charge is 0.330 e. The molecule has 0 aliphatic carbocycles. The first-order chi connectivity index (χ1) is 9.63. The molecule has 0 aromatic heterocycles. The average molecular weight is 272 g/mol. The van der Waals surface area contributed by atoms with Crippen molar-refractivity contribution in [3.63, 3.8) is 0 Å². The van der Waals surface area contributed by atoms with Crippen molar-refractivity contribution in [1.29, 1.82) is 0 Å². The third-order valence-corrected chi connectivity index (χ3v) is 2.90. The summed E-state index contributed by atoms with van der Waals surface area (Å²) < 4.78 is 10.5. The molecule has 2 aromatic carbocycles. The molecule has 2 rings (SSSR count). The lowest BCUT2D eigenvalue weighted by Gasteiger charge is -2.13. The SMILES string of the molecule is C=CC(=O)OCCOc1c(C)cc(O)c2ccccc12. The van der Waals surface area contributed by atoms with Crippen molar-refractivity contribution in [2.45, 2.75) is 6.92 Å². The minimum atomic E-state index is -0.471. The van der Waals surface area contributed by atoms with E-state index < -0.39 is 5.97 Å². The van der Waals surface area contributed by atoms with Crippen molar-refractivity contribution in [2.75, 3.05) is 13.2 Å². The summed E-state index contributed by atoms with van der Waals surface area (Å²) in [6.07, 6.45) is 1.11. The van der Waals surface area contributed by atoms with Crippen LogP contribution in [0.2, 0.25) is 0 Å². The Hall–Kier alpha value is -2.49. The highest BCUT2D eigenvalue weighted by Crippen LogP contribution is 2.35. The van der Waals surface area contributed by atoms with Crippen LogP contribution in [0.4, 0.5) is 0 Å². The van der Waals surface area contributed by atoms with E-state index in [0.717, 1.165) is 22.4 Å². The van der Waals surface area contributed by atoms with Crippen LogP contribution in [0.25, 0.3) is 10.8 Å². The Kier molecular flexibility index (Phi) is 4.25. The fourth-order valence-corrected chi connectivity index (χ4v) is 2.00. The average Bonchev–Trinajstić information content (AvgIpc) is 2.46. The van der Waals surface area contributed by atoms with E-state index in [0.29, 0.717) is 5.75 Å². The van der Waals surface area contributed by atoms with E-state index in [1.165, 1.54) is 0 Å². The van der Waals surface area contributed by atoms with Gasteiger partial charge in [0.2, 0.25) is 0 Å². The van der Waals surface area contributed by atoms with E-state index in [4.69, 9.17) is 9.47 Å². The normalized spacial score (nSPS) is 10.2. The Morgan fingerprint density at radius 2 is 2.00 bits per heavy atom. The quantitative estimate of drug-likeness (QED) is 0.516. The van der Waals surface area contributed by atoms with Gasteiger partial charge in [0.1, 0.15) is 24.7 Å². The fourth-order valence-electron chi connectivity index (χ4n) is 2.00. The van der Waals surface area contributed by atoms with E-state index >= 15 is 0 Å². The van der Waals surface area contributed by atoms with Crippen molar-refractivity contribution in [2.24, 2.45) is 0 Å². The molecule has 0 spiro atoms. The van der Waals surface area contributed by atoms with E-state index in [-0.39, 0.29) is 19.0 Å². The van der Waals surface area contributed by atoms with Crippen LogP contribution in [0.3, 0.4) is 0 Å². The van der Waals surface area contributed by atoms with Gasteiger partial charge in [-0.1, -0.05) is 30.8 Å². The molecule has 0 bridgehead atoms. The maximum absolute atomic E-state index is 10.9. The number of fused-ring (bicyclic) bond motifs is 1. The highest BCUT2D eigenvalue weighted by atomic mass is 16.6. The van der Waals surface area contributed by atoms with Crippen molar-refractivity contribution in [1.82, 2.24) is 0 Å². The molecule has 0 radical (unpaired) electrons. The van der Waals surface area contributed by atoms with Crippen molar-refractivity contribution >= 4 is 16.7 Å². The minimum Gasteiger partial charge on any atom is -0.507 e. The molecule has 0 aliphatic rings. The molecular formula is C16H16O4. The molecule has 4 nitrogen and oxygen atoms in total. The second-order valence-electron chi connectivity index (χ2n) is 4.31. The van der Waals surface area contributed by atoms with E-state index in [1.807, 2.05) is 31.2 Å². The highest BCUT2D eigenvalue weighted by Gasteiger charge is 2.10. The molecule has 0 fully saturated rings. The largest absolute Gasteiger partial charge is 0.507 e. The molecule has 0 heterocycles. The molecule has 4 heteroatoms. The van der Waals surface area contributed by atoms with E-state index in [9.17, 15) is 9.90 Å². The standard InChI is InChI=1S/C16H16O4/c1-3-15(18)19-8-9-20-16-11(2)10-14(17)12-6-4-5-7-13(12)16/h3-7,10,17H,1,8-9H2,2H3. The van der Waals surface area contributed by atoms with Crippen LogP contribution < -0.4 is 4.74 Å². The summed E-state index contributed by atoms with van der Waals surface area (Å²) in [5.41, 5.74) is 0.830. The fraction of sp³-hybridized carbons (Fsp3) is 0.188. The Labute approximate surface area is 117 Å². The molecule has 0 saturated heterocycles. The number of carbonyl (C=O) groups excluding carboxylic acids is 1. The number of hydrogen-bond donors (Lipinski definition) is 1. The first kappa shape index (κ1) is 13.9. The number of rotatable bonds is 5. The van der Waals surface area contributed by atoms with E-state index in [1.54, 1.807) is 6.07 Å². The van der Waals surface area contributed by atoms with Crippen LogP contribution in [0.5, 0.6) is 11.5 Å². The predicted octanol–water partition coefficient (Wildman–Crippen LogP) is 2.96. The highest BCUT2D eigenvalue weighted by molar-refractivity contribution is 5.94. The minimum absolute atomic E-state index is 0.152. The van der Waals surface area contributed by atoms with Crippen LogP contribution in [0.1, 0.15) is 5.56 Å². The van der Waals surface area contributed by atoms with Gasteiger partial charge in [0.25, 0.3) is 0 Å². The van der Waals surface area contributed by atoms with Gasteiger partial charge < -0.3 is 14.6 Å². The first-order valence-corrected chi connectivity index (χ1v) is 6.26. The molecule has 0 aliphatic heterocycles. The predicted molar refractivity (Wildman–Crippen MR) is 77.0 cm³/mol. The van der Waals surface area contributed by atoms with Crippen LogP contribution in [-0.4, -0.2) is 24.3 Å². The lowest BCUT2D eigenvalue weighted by Crippen LogP contribution is -2.10. The number of aryl methyl sites for hydroxylation is 1. The molecule has 20 heavy (non-hydrogen) atoms. The number of ether oxygens (including phenoxy) is 2. The van der Waals surface area contributed by atoms with Gasteiger partial charge in [0, 0.05) is 16.8 Å². The number of phenols is 1. The second kappa shape index (κ2) is 6.10. The van der Waals surface area contributed by atoms with Gasteiger partial charge in [0.15, 0.2) is 0 Å². The molecular weight excluding hydrogens is 256 g/mol. The maximum atomic E-state index is 10.9. The molecule has 2 aromatic rings. The van der Waals surface area contributed by atoms with Gasteiger partial charge >= 0.3 is 5.97 Å². The summed E-state index contributed by atoms with van der Waals surface area (Å²) in [6, 6.07) is 9.11. The monoisotopic (exact) mass is 272 g/mol. The third kappa shape index (κ3) is 2.91. The molecule has 0 unspecified atom stereocenters. The van der Waals surface area contributed by atoms with Gasteiger partial charge in [-0.05, 0) is 18.6 Å². The maximum Gasteiger partial charge on any atom is 0.330 e. The van der Waals surface area contributed by atoms with Gasteiger partial charge in [-0.2, -0.15) is 0 Å². The Bertz CT molecular complexity index is 646. The van der Waals surface area contributed by atoms with Crippen molar-refractivity contribution in [3.05, 3.63) is 48.6 Å².